The van der Waals surface area contributed by atoms with Gasteiger partial charge in [0.05, 0.1) is 13.1 Å². The van der Waals surface area contributed by atoms with Crippen molar-refractivity contribution in [2.24, 2.45) is 5.73 Å². The highest BCUT2D eigenvalue weighted by atomic mass is 16.5. The number of ether oxygens (including phenoxy) is 1. The summed E-state index contributed by atoms with van der Waals surface area (Å²) in [5.74, 6) is 0.600. The van der Waals surface area contributed by atoms with E-state index in [1.807, 2.05) is 23.1 Å². The molecule has 0 saturated carbocycles. The zero-order chi connectivity index (χ0) is 16.9. The maximum atomic E-state index is 12.0. The average molecular weight is 332 g/mol. The van der Waals surface area contributed by atoms with Crippen molar-refractivity contribution in [1.29, 1.82) is 0 Å². The molecule has 1 atom stereocenters. The quantitative estimate of drug-likeness (QED) is 0.719. The number of benzene rings is 1. The molecule has 1 saturated heterocycles. The van der Waals surface area contributed by atoms with Gasteiger partial charge >= 0.3 is 6.03 Å². The van der Waals surface area contributed by atoms with Crippen molar-refractivity contribution in [3.63, 3.8) is 0 Å². The molecule has 130 valence electrons. The number of primary amides is 1. The number of nitrogens with one attached hydrogen (secondary N) is 2. The molecule has 0 aliphatic carbocycles. The Kier molecular flexibility index (Phi) is 5.20. The van der Waals surface area contributed by atoms with Gasteiger partial charge < -0.3 is 21.1 Å². The van der Waals surface area contributed by atoms with Crippen LogP contribution >= 0.6 is 0 Å². The molecule has 0 aromatic heterocycles. The minimum Gasteiger partial charge on any atom is -0.488 e. The highest BCUT2D eigenvalue weighted by Crippen LogP contribution is 2.27. The second kappa shape index (κ2) is 7.53. The van der Waals surface area contributed by atoms with Gasteiger partial charge in [0.2, 0.25) is 5.91 Å². The Morgan fingerprint density at radius 2 is 2.00 bits per heavy atom. The lowest BCUT2D eigenvalue weighted by Gasteiger charge is -2.31. The molecule has 0 bridgehead atoms. The SMILES string of the molecule is NC(=O)CN1CCC(NC(=O)NCC2Cc3ccccc3O2)CC1. The number of hydrogen-bond acceptors (Lipinski definition) is 4. The molecule has 1 unspecified atom stereocenters. The predicted molar refractivity (Wildman–Crippen MR) is 89.8 cm³/mol. The number of likely N-dealkylation sites (tertiary alicyclic amines) is 1. The molecule has 3 amide bonds. The number of piperidine rings is 1. The van der Waals surface area contributed by atoms with Crippen molar-refractivity contribution in [2.45, 2.75) is 31.4 Å². The number of nitrogens with two attached hydrogens (primary N) is 1. The maximum absolute atomic E-state index is 12.0. The summed E-state index contributed by atoms with van der Waals surface area (Å²) >= 11 is 0. The van der Waals surface area contributed by atoms with Gasteiger partial charge in [-0.1, -0.05) is 18.2 Å². The number of carbonyl (C=O) groups excluding carboxylic acids is 2. The van der Waals surface area contributed by atoms with Crippen LogP contribution in [-0.4, -0.2) is 55.2 Å². The number of para-hydroxylation sites is 1. The van der Waals surface area contributed by atoms with E-state index in [2.05, 4.69) is 16.7 Å². The fraction of sp³-hybridized carbons (Fsp3) is 0.529. The van der Waals surface area contributed by atoms with Gasteiger partial charge in [-0.2, -0.15) is 0 Å². The summed E-state index contributed by atoms with van der Waals surface area (Å²) in [6, 6.07) is 7.92. The molecular weight excluding hydrogens is 308 g/mol. The third-order valence-electron chi connectivity index (χ3n) is 4.51. The van der Waals surface area contributed by atoms with Crippen molar-refractivity contribution in [3.8, 4) is 5.75 Å². The van der Waals surface area contributed by atoms with Crippen LogP contribution in [0.1, 0.15) is 18.4 Å². The van der Waals surface area contributed by atoms with E-state index >= 15 is 0 Å². The molecule has 24 heavy (non-hydrogen) atoms. The number of nitrogens with zero attached hydrogens (tertiary/aromatic N) is 1. The topological polar surface area (TPSA) is 96.7 Å². The monoisotopic (exact) mass is 332 g/mol. The lowest BCUT2D eigenvalue weighted by Crippen LogP contribution is -2.50. The van der Waals surface area contributed by atoms with E-state index in [4.69, 9.17) is 10.5 Å². The van der Waals surface area contributed by atoms with E-state index in [1.165, 1.54) is 5.56 Å². The van der Waals surface area contributed by atoms with Crippen LogP contribution in [0.25, 0.3) is 0 Å². The zero-order valence-electron chi connectivity index (χ0n) is 13.7. The third kappa shape index (κ3) is 4.38. The Morgan fingerprint density at radius 3 is 2.71 bits per heavy atom. The minimum atomic E-state index is -0.309. The second-order valence-corrected chi connectivity index (χ2v) is 6.42. The van der Waals surface area contributed by atoms with Crippen LogP contribution in [-0.2, 0) is 11.2 Å². The van der Waals surface area contributed by atoms with E-state index in [9.17, 15) is 9.59 Å². The number of amides is 3. The number of fused-ring (bicyclic) bond motifs is 1. The predicted octanol–water partition coefficient (Wildman–Crippen LogP) is 0.239. The van der Waals surface area contributed by atoms with Crippen molar-refractivity contribution >= 4 is 11.9 Å². The number of urea groups is 1. The lowest BCUT2D eigenvalue weighted by atomic mass is 10.1. The first kappa shape index (κ1) is 16.6. The smallest absolute Gasteiger partial charge is 0.315 e. The number of hydrogen-bond donors (Lipinski definition) is 3. The van der Waals surface area contributed by atoms with Crippen LogP contribution in [0.15, 0.2) is 24.3 Å². The standard InChI is InChI=1S/C17H24N4O3/c18-16(22)11-21-7-5-13(6-8-21)20-17(23)19-10-14-9-12-3-1-2-4-15(12)24-14/h1-4,13-14H,5-11H2,(H2,18,22)(H2,19,20,23). The molecule has 0 spiro atoms. The fourth-order valence-electron chi connectivity index (χ4n) is 3.27. The van der Waals surface area contributed by atoms with Gasteiger partial charge in [-0.05, 0) is 24.5 Å². The van der Waals surface area contributed by atoms with E-state index in [0.717, 1.165) is 38.1 Å². The Hall–Kier alpha value is -2.28. The summed E-state index contributed by atoms with van der Waals surface area (Å²) < 4.78 is 5.81. The Labute approximate surface area is 141 Å². The maximum Gasteiger partial charge on any atom is 0.315 e. The van der Waals surface area contributed by atoms with Gasteiger partial charge in [0.25, 0.3) is 0 Å². The van der Waals surface area contributed by atoms with E-state index in [-0.39, 0.29) is 24.1 Å². The van der Waals surface area contributed by atoms with Gasteiger partial charge in [-0.15, -0.1) is 0 Å². The van der Waals surface area contributed by atoms with Crippen LogP contribution < -0.4 is 21.1 Å². The van der Waals surface area contributed by atoms with Gasteiger partial charge in [-0.25, -0.2) is 4.79 Å². The van der Waals surface area contributed by atoms with E-state index in [0.29, 0.717) is 13.1 Å². The molecule has 7 heteroatoms. The molecule has 2 aliphatic rings. The summed E-state index contributed by atoms with van der Waals surface area (Å²) in [7, 11) is 0. The molecule has 0 radical (unpaired) electrons. The summed E-state index contributed by atoms with van der Waals surface area (Å²) in [6.45, 7) is 2.32. The lowest BCUT2D eigenvalue weighted by molar-refractivity contribution is -0.119. The first-order valence-corrected chi connectivity index (χ1v) is 8.40. The number of rotatable bonds is 5. The summed E-state index contributed by atoms with van der Waals surface area (Å²) in [5, 5.41) is 5.88. The molecule has 3 rings (SSSR count). The van der Waals surface area contributed by atoms with Gasteiger partial charge in [0, 0.05) is 25.6 Å². The molecule has 1 fully saturated rings. The van der Waals surface area contributed by atoms with Crippen molar-refractivity contribution in [1.82, 2.24) is 15.5 Å². The zero-order valence-corrected chi connectivity index (χ0v) is 13.7. The van der Waals surface area contributed by atoms with Gasteiger partial charge in [-0.3, -0.25) is 9.69 Å². The number of carbonyl (C=O) groups is 2. The highest BCUT2D eigenvalue weighted by Gasteiger charge is 2.24. The summed E-state index contributed by atoms with van der Waals surface area (Å²) in [4.78, 5) is 25.0. The molecular formula is C17H24N4O3. The molecule has 2 aliphatic heterocycles. The largest absolute Gasteiger partial charge is 0.488 e. The summed E-state index contributed by atoms with van der Waals surface area (Å²) in [6.07, 6.45) is 2.46. The second-order valence-electron chi connectivity index (χ2n) is 6.42. The highest BCUT2D eigenvalue weighted by molar-refractivity contribution is 5.76. The first-order valence-electron chi connectivity index (χ1n) is 8.40. The Bertz CT molecular complexity index is 574. The minimum absolute atomic E-state index is 0.00874. The molecule has 1 aromatic carbocycles. The average Bonchev–Trinajstić information content (AvgIpc) is 2.97. The molecule has 4 N–H and O–H groups in total. The Morgan fingerprint density at radius 1 is 1.25 bits per heavy atom. The molecule has 2 heterocycles. The van der Waals surface area contributed by atoms with Crippen LogP contribution in [0.4, 0.5) is 4.79 Å². The van der Waals surface area contributed by atoms with Crippen molar-refractivity contribution in [2.75, 3.05) is 26.2 Å². The van der Waals surface area contributed by atoms with Crippen LogP contribution in [0.2, 0.25) is 0 Å². The van der Waals surface area contributed by atoms with Gasteiger partial charge in [0.15, 0.2) is 0 Å². The normalized spacial score (nSPS) is 20.9. The molecule has 7 nitrogen and oxygen atoms in total. The van der Waals surface area contributed by atoms with E-state index in [1.54, 1.807) is 0 Å². The van der Waals surface area contributed by atoms with Crippen molar-refractivity contribution < 1.29 is 14.3 Å². The molecule has 1 aromatic rings. The van der Waals surface area contributed by atoms with Crippen molar-refractivity contribution in [3.05, 3.63) is 29.8 Å². The van der Waals surface area contributed by atoms with Crippen LogP contribution in [0.5, 0.6) is 5.75 Å². The third-order valence-corrected chi connectivity index (χ3v) is 4.51. The fourth-order valence-corrected chi connectivity index (χ4v) is 3.27. The first-order chi connectivity index (χ1) is 11.6. The summed E-state index contributed by atoms with van der Waals surface area (Å²) in [5.41, 5.74) is 6.38. The van der Waals surface area contributed by atoms with Gasteiger partial charge in [0.1, 0.15) is 11.9 Å². The Balaban J connectivity index is 1.35. The van der Waals surface area contributed by atoms with Crippen LogP contribution in [0.3, 0.4) is 0 Å². The van der Waals surface area contributed by atoms with E-state index < -0.39 is 0 Å². The van der Waals surface area contributed by atoms with Crippen LogP contribution in [0, 0.1) is 0 Å².